The maximum Gasteiger partial charge on any atom is 0.293 e. The van der Waals surface area contributed by atoms with Crippen molar-refractivity contribution < 1.29 is 32.4 Å². The number of nitro groups is 1. The number of carbonyl (C=O) groups is 1. The van der Waals surface area contributed by atoms with Crippen LogP contribution in [0.25, 0.3) is 11.0 Å². The van der Waals surface area contributed by atoms with E-state index in [1.54, 1.807) is 36.9 Å². The van der Waals surface area contributed by atoms with Gasteiger partial charge in [0.25, 0.3) is 21.6 Å². The Morgan fingerprint density at radius 2 is 1.79 bits per heavy atom. The van der Waals surface area contributed by atoms with Crippen molar-refractivity contribution >= 4 is 44.0 Å². The number of hydrogen-bond donors (Lipinski definition) is 4. The van der Waals surface area contributed by atoms with E-state index >= 15 is 0 Å². The zero-order chi connectivity index (χ0) is 49.5. The van der Waals surface area contributed by atoms with Gasteiger partial charge in [-0.05, 0) is 129 Å². The number of fused-ring (bicyclic) bond motifs is 1. The summed E-state index contributed by atoms with van der Waals surface area (Å²) in [6.45, 7) is 12.3. The number of aromatic amines is 1. The summed E-state index contributed by atoms with van der Waals surface area (Å²) < 4.78 is 41.6. The van der Waals surface area contributed by atoms with Gasteiger partial charge in [0.05, 0.1) is 39.7 Å². The van der Waals surface area contributed by atoms with Crippen molar-refractivity contribution in [3.05, 3.63) is 136 Å². The number of amides is 1. The summed E-state index contributed by atoms with van der Waals surface area (Å²) in [4.78, 5) is 40.4. The Labute approximate surface area is 415 Å². The summed E-state index contributed by atoms with van der Waals surface area (Å²) in [7, 11) is -4.58. The van der Waals surface area contributed by atoms with Crippen molar-refractivity contribution in [2.45, 2.75) is 107 Å². The van der Waals surface area contributed by atoms with Crippen molar-refractivity contribution in [1.29, 1.82) is 0 Å². The van der Waals surface area contributed by atoms with Crippen molar-refractivity contribution in [1.82, 2.24) is 24.5 Å². The second-order valence-electron chi connectivity index (χ2n) is 21.0. The van der Waals surface area contributed by atoms with Gasteiger partial charge in [-0.25, -0.2) is 18.1 Å². The number of pyridine rings is 1. The fourth-order valence-corrected chi connectivity index (χ4v) is 12.6. The van der Waals surface area contributed by atoms with Gasteiger partial charge in [0.2, 0.25) is 0 Å². The molecule has 4 aliphatic rings. The molecule has 2 saturated carbocycles. The molecule has 16 nitrogen and oxygen atoms in total. The Morgan fingerprint density at radius 3 is 2.54 bits per heavy atom. The Morgan fingerprint density at radius 1 is 1.00 bits per heavy atom. The number of nitro benzene ring substituents is 1. The van der Waals surface area contributed by atoms with Gasteiger partial charge < -0.3 is 29.5 Å². The first-order valence-corrected chi connectivity index (χ1v) is 26.5. The monoisotopic (exact) mass is 984 g/mol. The van der Waals surface area contributed by atoms with Gasteiger partial charge in [-0.1, -0.05) is 38.1 Å². The molecule has 5 heterocycles. The van der Waals surface area contributed by atoms with E-state index in [9.17, 15) is 28.4 Å². The van der Waals surface area contributed by atoms with Crippen molar-refractivity contribution in [3.63, 3.8) is 0 Å². The molecule has 10 rings (SSSR count). The SMILES string of the molecule is CC(C)c1ccccc1C1CN(Cc2ccoc2)CCN1C1CC2(CCN(c3ccc(C(=O)NS(=O)(=O)c4ccc(NC[C@H]5CC[C@](C)(O)CC5)c([N+](=O)[O-])c4)c(Oc4cnc5[nH]ccc5c4)c3)CC2)C1. The molecular formula is C54H64N8O8S. The number of aromatic nitrogens is 2. The van der Waals surface area contributed by atoms with E-state index in [-0.39, 0.29) is 28.3 Å². The van der Waals surface area contributed by atoms with E-state index < -0.39 is 37.0 Å². The first-order chi connectivity index (χ1) is 34.1. The second kappa shape index (κ2) is 19.7. The number of sulfonamides is 1. The average molecular weight is 985 g/mol. The van der Waals surface area contributed by atoms with Crippen molar-refractivity contribution in [2.24, 2.45) is 11.3 Å². The summed E-state index contributed by atoms with van der Waals surface area (Å²) in [5.41, 5.74) is 4.80. The zero-order valence-corrected chi connectivity index (χ0v) is 41.5. The Kier molecular flexibility index (Phi) is 13.4. The van der Waals surface area contributed by atoms with E-state index in [0.29, 0.717) is 48.8 Å². The molecule has 2 aliphatic carbocycles. The standard InChI is InChI=1S/C54H64N8O8S/c1-36(2)44-6-4-5-7-45(44)49-34-59(33-38-15-25-69-35-38)23-24-61(49)41-29-54(30-41)18-21-60(22-19-54)40-8-10-46(50(27-40)70-42-26-39-14-20-55-51(39)57-32-42)52(63)58-71(67,68)43-9-11-47(48(28-43)62(65)66)56-31-37-12-16-53(3,64)17-13-37/h4-11,14-15,20,25-28,32,35-37,41,49,56,64H,12-13,16-19,21-24,29-31,33-34H2,1-3H3,(H,55,57)(H,58,63)/t37-,49?,53-. The summed E-state index contributed by atoms with van der Waals surface area (Å²) in [5.74, 6) is 0.178. The number of rotatable bonds is 15. The highest BCUT2D eigenvalue weighted by molar-refractivity contribution is 7.90. The van der Waals surface area contributed by atoms with Gasteiger partial charge in [-0.2, -0.15) is 0 Å². The number of carbonyl (C=O) groups excluding carboxylic acids is 1. The molecule has 1 spiro atoms. The van der Waals surface area contributed by atoms with Crippen LogP contribution < -0.4 is 19.7 Å². The van der Waals surface area contributed by atoms with Crippen LogP contribution in [-0.2, 0) is 16.6 Å². The molecule has 1 amide bonds. The number of piperazine rings is 1. The number of nitrogens with one attached hydrogen (secondary N) is 3. The molecule has 2 aliphatic heterocycles. The molecule has 4 N–H and O–H groups in total. The fraction of sp³-hybridized carbons (Fsp3) is 0.444. The van der Waals surface area contributed by atoms with Gasteiger partial charge in [0, 0.05) is 92.9 Å². The molecule has 0 bridgehead atoms. The van der Waals surface area contributed by atoms with Gasteiger partial charge in [0.15, 0.2) is 0 Å². The molecule has 374 valence electrons. The first-order valence-electron chi connectivity index (χ1n) is 25.0. The van der Waals surface area contributed by atoms with Crippen LogP contribution in [0.1, 0.15) is 111 Å². The lowest BCUT2D eigenvalue weighted by Gasteiger charge is -2.58. The minimum absolute atomic E-state index is 0.0282. The second-order valence-corrected chi connectivity index (χ2v) is 22.7. The van der Waals surface area contributed by atoms with Crippen LogP contribution >= 0.6 is 0 Å². The normalized spacial score (nSPS) is 22.1. The molecule has 6 aromatic rings. The van der Waals surface area contributed by atoms with Crippen molar-refractivity contribution in [3.8, 4) is 11.5 Å². The molecule has 17 heteroatoms. The van der Waals surface area contributed by atoms with E-state index in [1.165, 1.54) is 28.8 Å². The first kappa shape index (κ1) is 48.4. The molecule has 71 heavy (non-hydrogen) atoms. The average Bonchev–Trinajstić information content (AvgIpc) is 4.05. The number of furan rings is 1. The van der Waals surface area contributed by atoms with E-state index in [4.69, 9.17) is 9.15 Å². The molecule has 3 aromatic heterocycles. The lowest BCUT2D eigenvalue weighted by atomic mass is 9.59. The third kappa shape index (κ3) is 10.5. The predicted molar refractivity (Wildman–Crippen MR) is 272 cm³/mol. The molecule has 2 saturated heterocycles. The summed E-state index contributed by atoms with van der Waals surface area (Å²) in [5, 5.41) is 26.5. The predicted octanol–water partition coefficient (Wildman–Crippen LogP) is 9.76. The zero-order valence-electron chi connectivity index (χ0n) is 40.7. The molecule has 1 unspecified atom stereocenters. The minimum atomic E-state index is -4.58. The minimum Gasteiger partial charge on any atom is -0.472 e. The van der Waals surface area contributed by atoms with Gasteiger partial charge >= 0.3 is 0 Å². The van der Waals surface area contributed by atoms with Crippen LogP contribution in [0.15, 0.2) is 113 Å². The number of anilines is 2. The number of hydrogen-bond acceptors (Lipinski definition) is 13. The fourth-order valence-electron chi connectivity index (χ4n) is 11.6. The van der Waals surface area contributed by atoms with E-state index in [0.717, 1.165) is 94.9 Å². The molecule has 0 radical (unpaired) electrons. The van der Waals surface area contributed by atoms with Crippen LogP contribution in [-0.4, -0.2) is 95.0 Å². The Bertz CT molecular complexity index is 2980. The summed E-state index contributed by atoms with van der Waals surface area (Å²) in [6.07, 6.45) is 14.0. The number of H-pyrrole nitrogens is 1. The smallest absolute Gasteiger partial charge is 0.293 e. The third-order valence-corrected chi connectivity index (χ3v) is 17.1. The van der Waals surface area contributed by atoms with Crippen molar-refractivity contribution in [2.75, 3.05) is 49.5 Å². The lowest BCUT2D eigenvalue weighted by molar-refractivity contribution is -0.384. The summed E-state index contributed by atoms with van der Waals surface area (Å²) >= 11 is 0. The highest BCUT2D eigenvalue weighted by Gasteiger charge is 2.50. The van der Waals surface area contributed by atoms with Gasteiger partial charge in [0.1, 0.15) is 22.8 Å². The number of ether oxygens (including phenoxy) is 1. The van der Waals surface area contributed by atoms with Crippen LogP contribution in [0.4, 0.5) is 17.1 Å². The van der Waals surface area contributed by atoms with Crippen LogP contribution in [0, 0.1) is 21.4 Å². The van der Waals surface area contributed by atoms with Crippen LogP contribution in [0.2, 0.25) is 0 Å². The number of nitrogens with zero attached hydrogens (tertiary/aromatic N) is 5. The molecule has 1 atom stereocenters. The largest absolute Gasteiger partial charge is 0.472 e. The number of piperidine rings is 1. The highest BCUT2D eigenvalue weighted by atomic mass is 32.2. The highest BCUT2D eigenvalue weighted by Crippen LogP contribution is 2.53. The Hall–Kier alpha value is -6.27. The third-order valence-electron chi connectivity index (χ3n) is 15.7. The molecular weight excluding hydrogens is 921 g/mol. The van der Waals surface area contributed by atoms with Crippen LogP contribution in [0.3, 0.4) is 0 Å². The number of benzene rings is 3. The van der Waals surface area contributed by atoms with E-state index in [1.807, 2.05) is 25.3 Å². The van der Waals surface area contributed by atoms with E-state index in [2.05, 4.69) is 78.9 Å². The maximum absolute atomic E-state index is 14.1. The Balaban J connectivity index is 0.834. The topological polar surface area (TPSA) is 199 Å². The van der Waals surface area contributed by atoms with Gasteiger partial charge in [-0.3, -0.25) is 24.7 Å². The number of aliphatic hydroxyl groups is 1. The molecule has 4 fully saturated rings. The summed E-state index contributed by atoms with van der Waals surface area (Å²) in [6, 6.07) is 24.2. The van der Waals surface area contributed by atoms with Crippen LogP contribution in [0.5, 0.6) is 11.5 Å². The maximum atomic E-state index is 14.1. The molecule has 3 aromatic carbocycles. The lowest BCUT2D eigenvalue weighted by Crippen LogP contribution is -2.60. The van der Waals surface area contributed by atoms with Gasteiger partial charge in [-0.15, -0.1) is 0 Å². The quantitative estimate of drug-likeness (QED) is 0.0561.